The Balaban J connectivity index is 2.22. The second-order valence-corrected chi connectivity index (χ2v) is 6.05. The Labute approximate surface area is 159 Å². The molecule has 0 unspecified atom stereocenters. The molecule has 0 bridgehead atoms. The number of fused-ring (bicyclic) bond motifs is 1. The average Bonchev–Trinajstić information content (AvgIpc) is 2.66. The summed E-state index contributed by atoms with van der Waals surface area (Å²) in [5.41, 5.74) is -0.0504. The van der Waals surface area contributed by atoms with Gasteiger partial charge in [-0.1, -0.05) is 23.7 Å². The van der Waals surface area contributed by atoms with E-state index in [1.807, 2.05) is 0 Å². The maximum atomic E-state index is 13.7. The Kier molecular flexibility index (Phi) is 5.41. The van der Waals surface area contributed by atoms with Gasteiger partial charge in [0.15, 0.2) is 0 Å². The van der Waals surface area contributed by atoms with Crippen molar-refractivity contribution in [3.05, 3.63) is 68.8 Å². The van der Waals surface area contributed by atoms with Gasteiger partial charge in [-0.15, -0.1) is 0 Å². The third-order valence-electron chi connectivity index (χ3n) is 3.98. The van der Waals surface area contributed by atoms with Gasteiger partial charge in [0.2, 0.25) is 0 Å². The minimum absolute atomic E-state index is 0.0759. The molecule has 0 atom stereocenters. The van der Waals surface area contributed by atoms with Crippen LogP contribution in [0, 0.1) is 5.82 Å². The van der Waals surface area contributed by atoms with Crippen molar-refractivity contribution in [3.8, 4) is 5.75 Å². The van der Waals surface area contributed by atoms with Crippen molar-refractivity contribution < 1.29 is 18.7 Å². The first-order valence-corrected chi connectivity index (χ1v) is 8.51. The number of halogens is 2. The zero-order valence-electron chi connectivity index (χ0n) is 14.7. The van der Waals surface area contributed by atoms with Gasteiger partial charge in [-0.2, -0.15) is 0 Å². The zero-order valence-corrected chi connectivity index (χ0v) is 15.4. The van der Waals surface area contributed by atoms with Crippen molar-refractivity contribution in [3.63, 3.8) is 0 Å². The SMILES string of the molecule is CCOC(=O)c1c(Cl)c2cc(F)cnc2n(Cc2ccc(OC)cc2)c1=O. The third kappa shape index (κ3) is 3.64. The molecule has 0 aliphatic rings. The molecule has 3 aromatic rings. The molecule has 6 nitrogen and oxygen atoms in total. The number of hydrogen-bond donors (Lipinski definition) is 0. The van der Waals surface area contributed by atoms with Gasteiger partial charge in [-0.3, -0.25) is 9.36 Å². The van der Waals surface area contributed by atoms with E-state index in [-0.39, 0.29) is 34.8 Å². The molecule has 0 saturated carbocycles. The van der Waals surface area contributed by atoms with Crippen LogP contribution < -0.4 is 10.3 Å². The van der Waals surface area contributed by atoms with E-state index in [4.69, 9.17) is 21.1 Å². The summed E-state index contributed by atoms with van der Waals surface area (Å²) in [5.74, 6) is -0.824. The molecule has 0 saturated heterocycles. The van der Waals surface area contributed by atoms with Crippen LogP contribution >= 0.6 is 11.6 Å². The van der Waals surface area contributed by atoms with Gasteiger partial charge in [-0.25, -0.2) is 14.2 Å². The van der Waals surface area contributed by atoms with Gasteiger partial charge in [0.1, 0.15) is 22.8 Å². The summed E-state index contributed by atoms with van der Waals surface area (Å²) < 4.78 is 25.0. The molecule has 0 amide bonds. The summed E-state index contributed by atoms with van der Waals surface area (Å²) in [7, 11) is 1.55. The smallest absolute Gasteiger partial charge is 0.345 e. The zero-order chi connectivity index (χ0) is 19.6. The number of aromatic nitrogens is 2. The van der Waals surface area contributed by atoms with Crippen LogP contribution in [0.5, 0.6) is 5.75 Å². The lowest BCUT2D eigenvalue weighted by atomic mass is 10.1. The van der Waals surface area contributed by atoms with E-state index in [1.165, 1.54) is 4.57 Å². The lowest BCUT2D eigenvalue weighted by molar-refractivity contribution is 0.0524. The van der Waals surface area contributed by atoms with E-state index in [0.717, 1.165) is 17.8 Å². The molecule has 0 radical (unpaired) electrons. The van der Waals surface area contributed by atoms with Crippen LogP contribution in [0.1, 0.15) is 22.8 Å². The Morgan fingerprint density at radius 3 is 2.63 bits per heavy atom. The van der Waals surface area contributed by atoms with Gasteiger partial charge < -0.3 is 9.47 Å². The fraction of sp³-hybridized carbons (Fsp3) is 0.211. The van der Waals surface area contributed by atoms with Crippen LogP contribution in [-0.4, -0.2) is 29.2 Å². The number of ether oxygens (including phenoxy) is 2. The number of rotatable bonds is 5. The summed E-state index contributed by atoms with van der Waals surface area (Å²) in [4.78, 5) is 29.2. The topological polar surface area (TPSA) is 70.4 Å². The van der Waals surface area contributed by atoms with Crippen molar-refractivity contribution in [2.24, 2.45) is 0 Å². The molecule has 0 aliphatic heterocycles. The second-order valence-electron chi connectivity index (χ2n) is 5.67. The van der Waals surface area contributed by atoms with E-state index < -0.39 is 17.3 Å². The Bertz CT molecular complexity index is 1060. The molecule has 1 aromatic carbocycles. The molecule has 0 spiro atoms. The molecule has 0 fully saturated rings. The fourth-order valence-electron chi connectivity index (χ4n) is 2.71. The summed E-state index contributed by atoms with van der Waals surface area (Å²) in [5, 5.41) is -0.0146. The quantitative estimate of drug-likeness (QED) is 0.624. The molecular formula is C19H16ClFN2O4. The van der Waals surface area contributed by atoms with Crippen LogP contribution in [0.3, 0.4) is 0 Å². The normalized spacial score (nSPS) is 10.8. The van der Waals surface area contributed by atoms with Crippen molar-refractivity contribution in [2.45, 2.75) is 13.5 Å². The number of carbonyl (C=O) groups is 1. The van der Waals surface area contributed by atoms with E-state index in [9.17, 15) is 14.0 Å². The van der Waals surface area contributed by atoms with E-state index in [1.54, 1.807) is 38.3 Å². The number of esters is 1. The van der Waals surface area contributed by atoms with Crippen molar-refractivity contribution in [2.75, 3.05) is 13.7 Å². The Hall–Kier alpha value is -2.93. The predicted octanol–water partition coefficient (Wildman–Crippen LogP) is 3.42. The lowest BCUT2D eigenvalue weighted by Crippen LogP contribution is -2.29. The number of nitrogens with zero attached hydrogens (tertiary/aromatic N) is 2. The molecule has 27 heavy (non-hydrogen) atoms. The van der Waals surface area contributed by atoms with Crippen LogP contribution in [0.15, 0.2) is 41.3 Å². The second kappa shape index (κ2) is 7.75. The fourth-order valence-corrected chi connectivity index (χ4v) is 3.01. The maximum Gasteiger partial charge on any atom is 0.345 e. The van der Waals surface area contributed by atoms with E-state index in [2.05, 4.69) is 4.98 Å². The monoisotopic (exact) mass is 390 g/mol. The Morgan fingerprint density at radius 2 is 2.00 bits per heavy atom. The van der Waals surface area contributed by atoms with Gasteiger partial charge in [0.05, 0.1) is 31.5 Å². The van der Waals surface area contributed by atoms with Crippen LogP contribution in [0.4, 0.5) is 4.39 Å². The highest BCUT2D eigenvalue weighted by molar-refractivity contribution is 6.38. The first kappa shape index (κ1) is 18.8. The number of carbonyl (C=O) groups excluding carboxylic acids is 1. The molecule has 140 valence electrons. The molecule has 0 N–H and O–H groups in total. The number of pyridine rings is 2. The standard InChI is InChI=1S/C19H16ClFN2O4/c1-3-27-19(25)15-16(20)14-8-12(21)9-22-17(14)23(18(15)24)10-11-4-6-13(26-2)7-5-11/h4-9H,3,10H2,1-2H3. The molecule has 0 aliphatic carbocycles. The average molecular weight is 391 g/mol. The van der Waals surface area contributed by atoms with Crippen molar-refractivity contribution in [1.29, 1.82) is 0 Å². The lowest BCUT2D eigenvalue weighted by Gasteiger charge is -2.14. The number of hydrogen-bond acceptors (Lipinski definition) is 5. The largest absolute Gasteiger partial charge is 0.497 e. The molecule has 2 heterocycles. The summed E-state index contributed by atoms with van der Waals surface area (Å²) in [6.45, 7) is 1.80. The van der Waals surface area contributed by atoms with Crippen molar-refractivity contribution in [1.82, 2.24) is 9.55 Å². The first-order chi connectivity index (χ1) is 13.0. The maximum absolute atomic E-state index is 13.7. The van der Waals surface area contributed by atoms with E-state index in [0.29, 0.717) is 5.75 Å². The first-order valence-electron chi connectivity index (χ1n) is 8.13. The highest BCUT2D eigenvalue weighted by Crippen LogP contribution is 2.26. The highest BCUT2D eigenvalue weighted by Gasteiger charge is 2.23. The van der Waals surface area contributed by atoms with Gasteiger partial charge in [0.25, 0.3) is 5.56 Å². The minimum Gasteiger partial charge on any atom is -0.497 e. The van der Waals surface area contributed by atoms with Crippen LogP contribution in [0.25, 0.3) is 11.0 Å². The number of methoxy groups -OCH3 is 1. The molecular weight excluding hydrogens is 375 g/mol. The summed E-state index contributed by atoms with van der Waals surface area (Å²) >= 11 is 6.23. The summed E-state index contributed by atoms with van der Waals surface area (Å²) in [6, 6.07) is 8.19. The highest BCUT2D eigenvalue weighted by atomic mass is 35.5. The van der Waals surface area contributed by atoms with Crippen LogP contribution in [-0.2, 0) is 11.3 Å². The predicted molar refractivity (Wildman–Crippen MR) is 99.0 cm³/mol. The minimum atomic E-state index is -0.859. The third-order valence-corrected chi connectivity index (χ3v) is 4.38. The Morgan fingerprint density at radius 1 is 1.30 bits per heavy atom. The van der Waals surface area contributed by atoms with Gasteiger partial charge >= 0.3 is 5.97 Å². The van der Waals surface area contributed by atoms with Crippen LogP contribution in [0.2, 0.25) is 5.02 Å². The van der Waals surface area contributed by atoms with E-state index >= 15 is 0 Å². The molecule has 2 aromatic heterocycles. The van der Waals surface area contributed by atoms with Gasteiger partial charge in [-0.05, 0) is 30.7 Å². The molecule has 8 heteroatoms. The van der Waals surface area contributed by atoms with Gasteiger partial charge in [0, 0.05) is 5.39 Å². The van der Waals surface area contributed by atoms with Crippen molar-refractivity contribution >= 4 is 28.6 Å². The number of benzene rings is 1. The molecule has 3 rings (SSSR count). The summed E-state index contributed by atoms with van der Waals surface area (Å²) in [6.07, 6.45) is 0.993.